The molecule has 158 valence electrons. The van der Waals surface area contributed by atoms with Crippen LogP contribution < -0.4 is 9.64 Å². The fourth-order valence-electron chi connectivity index (χ4n) is 3.69. The minimum absolute atomic E-state index is 0.0770. The summed E-state index contributed by atoms with van der Waals surface area (Å²) in [6, 6.07) is 13.7. The number of ketones is 1. The molecule has 0 aliphatic carbocycles. The maximum Gasteiger partial charge on any atom is 0.300 e. The lowest BCUT2D eigenvalue weighted by Gasteiger charge is -2.25. The Morgan fingerprint density at radius 1 is 1.10 bits per heavy atom. The van der Waals surface area contributed by atoms with Gasteiger partial charge < -0.3 is 9.84 Å². The van der Waals surface area contributed by atoms with Gasteiger partial charge in [0.1, 0.15) is 17.6 Å². The largest absolute Gasteiger partial charge is 0.507 e. The second-order valence-corrected chi connectivity index (χ2v) is 9.12. The van der Waals surface area contributed by atoms with E-state index in [0.717, 1.165) is 16.0 Å². The number of hydrogen-bond donors (Lipinski definition) is 1. The fraction of sp³-hybridized carbons (Fsp3) is 0.167. The van der Waals surface area contributed by atoms with Crippen molar-refractivity contribution in [1.82, 2.24) is 0 Å². The van der Waals surface area contributed by atoms with Crippen molar-refractivity contribution < 1.29 is 19.4 Å². The molecule has 3 aromatic rings. The number of hydrogen-bond acceptors (Lipinski definition) is 5. The predicted octanol–water partition coefficient (Wildman–Crippen LogP) is 5.76. The minimum Gasteiger partial charge on any atom is -0.507 e. The van der Waals surface area contributed by atoms with Gasteiger partial charge in [-0.15, -0.1) is 11.3 Å². The number of aliphatic hydroxyl groups is 1. The molecule has 5 nitrogen and oxygen atoms in total. The number of halogens is 1. The van der Waals surface area contributed by atoms with E-state index in [1.165, 1.54) is 16.2 Å². The van der Waals surface area contributed by atoms with Crippen LogP contribution in [0.1, 0.15) is 27.6 Å². The molecule has 0 spiro atoms. The van der Waals surface area contributed by atoms with E-state index in [-0.39, 0.29) is 11.3 Å². The first-order chi connectivity index (χ1) is 14.8. The van der Waals surface area contributed by atoms with Crippen LogP contribution in [-0.4, -0.2) is 23.9 Å². The lowest BCUT2D eigenvalue weighted by atomic mass is 9.98. The Kier molecular flexibility index (Phi) is 5.73. The smallest absolute Gasteiger partial charge is 0.300 e. The van der Waals surface area contributed by atoms with Crippen molar-refractivity contribution in [2.75, 3.05) is 12.0 Å². The van der Waals surface area contributed by atoms with Gasteiger partial charge in [-0.1, -0.05) is 17.7 Å². The van der Waals surface area contributed by atoms with E-state index >= 15 is 0 Å². The number of nitrogens with zero attached hydrogens (tertiary/aromatic N) is 1. The van der Waals surface area contributed by atoms with Crippen molar-refractivity contribution in [3.05, 3.63) is 85.5 Å². The number of amides is 1. The monoisotopic (exact) mass is 497 g/mol. The van der Waals surface area contributed by atoms with Gasteiger partial charge in [0.15, 0.2) is 0 Å². The summed E-state index contributed by atoms with van der Waals surface area (Å²) >= 11 is 4.87. The number of methoxy groups -OCH3 is 1. The Labute approximate surface area is 192 Å². The van der Waals surface area contributed by atoms with Gasteiger partial charge in [-0.2, -0.15) is 0 Å². The average molecular weight is 498 g/mol. The van der Waals surface area contributed by atoms with Crippen LogP contribution in [0.25, 0.3) is 5.76 Å². The quantitative estimate of drug-likeness (QED) is 0.282. The van der Waals surface area contributed by atoms with E-state index in [1.807, 2.05) is 49.6 Å². The minimum atomic E-state index is -0.706. The number of ether oxygens (including phenoxy) is 1. The number of aliphatic hydroxyl groups excluding tert-OH is 1. The summed E-state index contributed by atoms with van der Waals surface area (Å²) in [4.78, 5) is 28.6. The number of anilines is 1. The molecule has 1 saturated heterocycles. The van der Waals surface area contributed by atoms with E-state index in [0.29, 0.717) is 21.5 Å². The number of thiophene rings is 1. The Morgan fingerprint density at radius 2 is 1.81 bits per heavy atom. The summed E-state index contributed by atoms with van der Waals surface area (Å²) in [6.07, 6.45) is 0. The van der Waals surface area contributed by atoms with Gasteiger partial charge >= 0.3 is 0 Å². The van der Waals surface area contributed by atoms with Crippen LogP contribution in [0.4, 0.5) is 5.69 Å². The molecule has 0 saturated carbocycles. The number of benzene rings is 2. The Balaban J connectivity index is 1.93. The van der Waals surface area contributed by atoms with Gasteiger partial charge in [0, 0.05) is 16.1 Å². The molecular formula is C24H20BrNO4S. The van der Waals surface area contributed by atoms with Crippen LogP contribution in [0, 0.1) is 13.8 Å². The topological polar surface area (TPSA) is 66.8 Å². The molecule has 2 aromatic carbocycles. The van der Waals surface area contributed by atoms with Gasteiger partial charge in [0.2, 0.25) is 0 Å². The molecule has 1 unspecified atom stereocenters. The van der Waals surface area contributed by atoms with E-state index in [9.17, 15) is 14.7 Å². The van der Waals surface area contributed by atoms with Crippen molar-refractivity contribution in [3.63, 3.8) is 0 Å². The van der Waals surface area contributed by atoms with Gasteiger partial charge in [-0.25, -0.2) is 0 Å². The van der Waals surface area contributed by atoms with Gasteiger partial charge in [0.05, 0.1) is 17.2 Å². The van der Waals surface area contributed by atoms with Gasteiger partial charge in [0.25, 0.3) is 11.7 Å². The molecule has 0 radical (unpaired) electrons. The van der Waals surface area contributed by atoms with E-state index in [2.05, 4.69) is 15.9 Å². The van der Waals surface area contributed by atoms with Crippen LogP contribution in [-0.2, 0) is 9.59 Å². The predicted molar refractivity (Wildman–Crippen MR) is 126 cm³/mol. The second-order valence-electron chi connectivity index (χ2n) is 7.32. The summed E-state index contributed by atoms with van der Waals surface area (Å²) in [5.74, 6) is -0.977. The summed E-state index contributed by atoms with van der Waals surface area (Å²) in [7, 11) is 1.55. The van der Waals surface area contributed by atoms with Crippen LogP contribution in [0.5, 0.6) is 5.75 Å². The molecule has 1 aromatic heterocycles. The first-order valence-corrected chi connectivity index (χ1v) is 11.3. The highest BCUT2D eigenvalue weighted by Gasteiger charge is 2.47. The molecule has 31 heavy (non-hydrogen) atoms. The lowest BCUT2D eigenvalue weighted by molar-refractivity contribution is -0.132. The first kappa shape index (κ1) is 21.3. The maximum atomic E-state index is 13.2. The maximum absolute atomic E-state index is 13.2. The summed E-state index contributed by atoms with van der Waals surface area (Å²) in [6.45, 7) is 3.89. The molecule has 7 heteroatoms. The highest BCUT2D eigenvalue weighted by atomic mass is 79.9. The number of aryl methyl sites for hydroxylation is 2. The van der Waals surface area contributed by atoms with E-state index < -0.39 is 17.7 Å². The number of rotatable bonds is 4. The number of carbonyl (C=O) groups is 2. The highest BCUT2D eigenvalue weighted by molar-refractivity contribution is 9.10. The zero-order valence-electron chi connectivity index (χ0n) is 17.2. The van der Waals surface area contributed by atoms with Crippen LogP contribution in [0.2, 0.25) is 0 Å². The molecule has 1 N–H and O–H groups in total. The molecule has 1 fully saturated rings. The summed E-state index contributed by atoms with van der Waals surface area (Å²) in [5, 5.41) is 13.1. The first-order valence-electron chi connectivity index (χ1n) is 9.59. The average Bonchev–Trinajstić information content (AvgIpc) is 3.29. The zero-order valence-corrected chi connectivity index (χ0v) is 19.6. The lowest BCUT2D eigenvalue weighted by Crippen LogP contribution is -2.29. The van der Waals surface area contributed by atoms with E-state index in [4.69, 9.17) is 4.74 Å². The standard InChI is InChI=1S/C24H20BrNO4S/c1-13-4-7-16(8-5-13)26-20(23-14(2)10-11-31-23)19(22(28)24(26)29)21(27)15-6-9-18(30-3)17(25)12-15/h4-12,20,27H,1-3H3/b21-19-. The third-order valence-electron chi connectivity index (χ3n) is 5.33. The van der Waals surface area contributed by atoms with Crippen molar-refractivity contribution in [2.24, 2.45) is 0 Å². The van der Waals surface area contributed by atoms with Gasteiger partial charge in [-0.05, 0) is 77.1 Å². The Morgan fingerprint density at radius 3 is 2.39 bits per heavy atom. The molecule has 1 atom stereocenters. The fourth-order valence-corrected chi connectivity index (χ4v) is 5.25. The molecule has 4 rings (SSSR count). The summed E-state index contributed by atoms with van der Waals surface area (Å²) < 4.78 is 5.89. The van der Waals surface area contributed by atoms with Crippen LogP contribution >= 0.6 is 27.3 Å². The van der Waals surface area contributed by atoms with E-state index in [1.54, 1.807) is 25.3 Å². The molecular weight excluding hydrogens is 478 g/mol. The molecule has 2 heterocycles. The second kappa shape index (κ2) is 8.32. The summed E-state index contributed by atoms with van der Waals surface area (Å²) in [5.41, 5.74) is 3.12. The van der Waals surface area contributed by atoms with Gasteiger partial charge in [-0.3, -0.25) is 14.5 Å². The Bertz CT molecular complexity index is 1210. The molecule has 1 aliphatic heterocycles. The Hall–Kier alpha value is -2.90. The molecule has 1 aliphatic rings. The normalized spacial score (nSPS) is 17.9. The molecule has 0 bridgehead atoms. The van der Waals surface area contributed by atoms with Crippen molar-refractivity contribution in [1.29, 1.82) is 0 Å². The third kappa shape index (κ3) is 3.68. The SMILES string of the molecule is COc1ccc(/C(O)=C2/C(=O)C(=O)N(c3ccc(C)cc3)C2c2sccc2C)cc1Br. The van der Waals surface area contributed by atoms with Crippen LogP contribution in [0.15, 0.2) is 64.0 Å². The zero-order chi connectivity index (χ0) is 22.3. The van der Waals surface area contributed by atoms with Crippen molar-refractivity contribution in [2.45, 2.75) is 19.9 Å². The van der Waals surface area contributed by atoms with Crippen LogP contribution in [0.3, 0.4) is 0 Å². The highest BCUT2D eigenvalue weighted by Crippen LogP contribution is 2.45. The number of Topliss-reactive ketones (excluding diaryl/α,β-unsaturated/α-hetero) is 1. The van der Waals surface area contributed by atoms with Crippen molar-refractivity contribution in [3.8, 4) is 5.75 Å². The molecule has 1 amide bonds. The van der Waals surface area contributed by atoms with Crippen molar-refractivity contribution >= 4 is 50.4 Å². The number of carbonyl (C=O) groups excluding carboxylic acids is 2. The third-order valence-corrected chi connectivity index (χ3v) is 7.02.